The number of benzene rings is 2. The van der Waals surface area contributed by atoms with Gasteiger partial charge in [-0.05, 0) is 41.6 Å². The Morgan fingerprint density at radius 1 is 1.17 bits per heavy atom. The number of amides is 2. The number of likely N-dealkylation sites (tertiary alicyclic amines) is 1. The van der Waals surface area contributed by atoms with Crippen LogP contribution < -0.4 is 5.32 Å². The van der Waals surface area contributed by atoms with Crippen molar-refractivity contribution in [3.05, 3.63) is 93.4 Å². The second-order valence-corrected chi connectivity index (χ2v) is 8.65. The van der Waals surface area contributed by atoms with Crippen molar-refractivity contribution in [2.45, 2.75) is 25.9 Å². The summed E-state index contributed by atoms with van der Waals surface area (Å²) in [6, 6.07) is 17.7. The van der Waals surface area contributed by atoms with Crippen molar-refractivity contribution in [2.75, 3.05) is 6.54 Å². The lowest BCUT2D eigenvalue weighted by molar-refractivity contribution is -0.129. The molecule has 2 heterocycles. The molecule has 1 N–H and O–H groups in total. The Morgan fingerprint density at radius 3 is 2.57 bits per heavy atom. The minimum Gasteiger partial charge on any atom is -0.344 e. The number of carbonyl (C=O) groups excluding carboxylic acids is 2. The first-order valence-electron chi connectivity index (χ1n) is 9.92. The lowest BCUT2D eigenvalue weighted by Gasteiger charge is -2.21. The maximum absolute atomic E-state index is 13.4. The highest BCUT2D eigenvalue weighted by atomic mass is 32.1. The molecule has 2 atom stereocenters. The first kappa shape index (κ1) is 20.3. The van der Waals surface area contributed by atoms with Crippen LogP contribution in [0.2, 0.25) is 0 Å². The fraction of sp³-hybridized carbons (Fsp3) is 0.250. The molecular weight excluding hydrogens is 399 g/mol. The van der Waals surface area contributed by atoms with Crippen molar-refractivity contribution in [1.29, 1.82) is 0 Å². The van der Waals surface area contributed by atoms with Crippen LogP contribution in [0, 0.1) is 18.7 Å². The molecule has 0 saturated carbocycles. The summed E-state index contributed by atoms with van der Waals surface area (Å²) in [5, 5.41) is 5.02. The van der Waals surface area contributed by atoms with Gasteiger partial charge in [-0.1, -0.05) is 48.0 Å². The number of nitrogens with one attached hydrogen (secondary N) is 1. The molecule has 154 valence electrons. The quantitative estimate of drug-likeness (QED) is 0.638. The van der Waals surface area contributed by atoms with Crippen LogP contribution in [0.1, 0.15) is 34.0 Å². The summed E-state index contributed by atoms with van der Waals surface area (Å²) < 4.78 is 13.4. The molecule has 1 saturated heterocycles. The van der Waals surface area contributed by atoms with Gasteiger partial charge in [0.15, 0.2) is 0 Å². The number of thiophene rings is 1. The van der Waals surface area contributed by atoms with Crippen LogP contribution in [0.5, 0.6) is 0 Å². The summed E-state index contributed by atoms with van der Waals surface area (Å²) in [4.78, 5) is 28.2. The molecule has 1 aliphatic heterocycles. The number of nitrogens with zero attached hydrogens (tertiary/aromatic N) is 1. The third-order valence-corrected chi connectivity index (χ3v) is 6.33. The highest BCUT2D eigenvalue weighted by molar-refractivity contribution is 7.10. The van der Waals surface area contributed by atoms with E-state index in [0.717, 1.165) is 16.0 Å². The summed E-state index contributed by atoms with van der Waals surface area (Å²) in [6.07, 6.45) is 0.207. The smallest absolute Gasteiger partial charge is 0.226 e. The maximum atomic E-state index is 13.4. The highest BCUT2D eigenvalue weighted by Gasteiger charge is 2.35. The lowest BCUT2D eigenvalue weighted by Crippen LogP contribution is -2.35. The number of hydrogen-bond acceptors (Lipinski definition) is 3. The Bertz CT molecular complexity index is 1020. The van der Waals surface area contributed by atoms with Crippen molar-refractivity contribution >= 4 is 23.2 Å². The molecule has 4 nitrogen and oxygen atoms in total. The maximum Gasteiger partial charge on any atom is 0.226 e. The SMILES string of the molecule is Cc1ccc(CN2CC(C(=O)NC(c3ccc(F)cc3)c3cccs3)CC2=O)cc1. The van der Waals surface area contributed by atoms with Gasteiger partial charge in [-0.3, -0.25) is 9.59 Å². The molecule has 6 heteroatoms. The molecule has 1 aliphatic rings. The Balaban J connectivity index is 1.45. The van der Waals surface area contributed by atoms with Gasteiger partial charge in [0.2, 0.25) is 11.8 Å². The zero-order valence-corrected chi connectivity index (χ0v) is 17.5. The van der Waals surface area contributed by atoms with Gasteiger partial charge in [0.05, 0.1) is 12.0 Å². The largest absolute Gasteiger partial charge is 0.344 e. The summed E-state index contributed by atoms with van der Waals surface area (Å²) in [6.45, 7) is 2.94. The van der Waals surface area contributed by atoms with E-state index in [1.165, 1.54) is 29.0 Å². The van der Waals surface area contributed by atoms with Crippen LogP contribution in [-0.4, -0.2) is 23.3 Å². The number of rotatable bonds is 6. The van der Waals surface area contributed by atoms with Crippen LogP contribution in [0.25, 0.3) is 0 Å². The van der Waals surface area contributed by atoms with E-state index in [1.807, 2.05) is 48.7 Å². The molecular formula is C24H23FN2O2S. The molecule has 2 amide bonds. The number of hydrogen-bond donors (Lipinski definition) is 1. The van der Waals surface area contributed by atoms with Gasteiger partial charge in [-0.2, -0.15) is 0 Å². The second kappa shape index (κ2) is 8.79. The molecule has 0 aliphatic carbocycles. The minimum atomic E-state index is -0.397. The van der Waals surface area contributed by atoms with Gasteiger partial charge >= 0.3 is 0 Å². The highest BCUT2D eigenvalue weighted by Crippen LogP contribution is 2.28. The van der Waals surface area contributed by atoms with E-state index in [4.69, 9.17) is 0 Å². The third-order valence-electron chi connectivity index (χ3n) is 5.40. The van der Waals surface area contributed by atoms with E-state index < -0.39 is 5.92 Å². The van der Waals surface area contributed by atoms with Crippen LogP contribution in [0.15, 0.2) is 66.0 Å². The van der Waals surface area contributed by atoms with E-state index in [-0.39, 0.29) is 30.1 Å². The average molecular weight is 423 g/mol. The van der Waals surface area contributed by atoms with E-state index in [1.54, 1.807) is 17.0 Å². The Labute approximate surface area is 179 Å². The lowest BCUT2D eigenvalue weighted by atomic mass is 10.0. The topological polar surface area (TPSA) is 49.4 Å². The minimum absolute atomic E-state index is 0.00909. The summed E-state index contributed by atoms with van der Waals surface area (Å²) >= 11 is 1.53. The Kier molecular flexibility index (Phi) is 5.95. The summed E-state index contributed by atoms with van der Waals surface area (Å²) in [5.74, 6) is -0.878. The standard InChI is InChI=1S/C24H23FN2O2S/c1-16-4-6-17(7-5-16)14-27-15-19(13-22(27)28)24(29)26-23(21-3-2-12-30-21)18-8-10-20(25)11-9-18/h2-12,19,23H,13-15H2,1H3,(H,26,29). The fourth-order valence-electron chi connectivity index (χ4n) is 3.70. The van der Waals surface area contributed by atoms with E-state index in [2.05, 4.69) is 5.32 Å². The number of carbonyl (C=O) groups is 2. The molecule has 1 fully saturated rings. The Morgan fingerprint density at radius 2 is 1.90 bits per heavy atom. The number of halogens is 1. The van der Waals surface area contributed by atoms with E-state index >= 15 is 0 Å². The Hall–Kier alpha value is -2.99. The second-order valence-electron chi connectivity index (χ2n) is 7.67. The molecule has 2 aromatic carbocycles. The molecule has 0 bridgehead atoms. The molecule has 2 unspecified atom stereocenters. The monoisotopic (exact) mass is 422 g/mol. The fourth-order valence-corrected chi connectivity index (χ4v) is 4.51. The van der Waals surface area contributed by atoms with Crippen LogP contribution in [0.4, 0.5) is 4.39 Å². The van der Waals surface area contributed by atoms with Gasteiger partial charge in [-0.25, -0.2) is 4.39 Å². The van der Waals surface area contributed by atoms with Crippen LogP contribution in [0.3, 0.4) is 0 Å². The normalized spacial score (nSPS) is 17.2. The average Bonchev–Trinajstić information content (AvgIpc) is 3.39. The van der Waals surface area contributed by atoms with E-state index in [0.29, 0.717) is 13.1 Å². The van der Waals surface area contributed by atoms with Crippen molar-refractivity contribution in [3.63, 3.8) is 0 Å². The predicted molar refractivity (Wildman–Crippen MR) is 115 cm³/mol. The van der Waals surface area contributed by atoms with Crippen molar-refractivity contribution in [1.82, 2.24) is 10.2 Å². The van der Waals surface area contributed by atoms with Crippen LogP contribution in [-0.2, 0) is 16.1 Å². The zero-order valence-electron chi connectivity index (χ0n) is 16.7. The molecule has 30 heavy (non-hydrogen) atoms. The van der Waals surface area contributed by atoms with Gasteiger partial charge in [0, 0.05) is 24.4 Å². The third kappa shape index (κ3) is 4.60. The van der Waals surface area contributed by atoms with Crippen molar-refractivity contribution < 1.29 is 14.0 Å². The molecule has 0 spiro atoms. The first-order valence-corrected chi connectivity index (χ1v) is 10.8. The van der Waals surface area contributed by atoms with Gasteiger partial charge in [0.1, 0.15) is 5.82 Å². The molecule has 3 aromatic rings. The zero-order chi connectivity index (χ0) is 21.1. The molecule has 1 aromatic heterocycles. The van der Waals surface area contributed by atoms with Crippen molar-refractivity contribution in [3.8, 4) is 0 Å². The summed E-state index contributed by atoms with van der Waals surface area (Å²) in [7, 11) is 0. The first-order chi connectivity index (χ1) is 14.5. The molecule has 4 rings (SSSR count). The van der Waals surface area contributed by atoms with Gasteiger partial charge in [0.25, 0.3) is 0 Å². The predicted octanol–water partition coefficient (Wildman–Crippen LogP) is 4.45. The number of aryl methyl sites for hydroxylation is 1. The van der Waals surface area contributed by atoms with E-state index in [9.17, 15) is 14.0 Å². The molecule has 0 radical (unpaired) electrons. The van der Waals surface area contributed by atoms with Crippen LogP contribution >= 0.6 is 11.3 Å². The van der Waals surface area contributed by atoms with Crippen molar-refractivity contribution in [2.24, 2.45) is 5.92 Å². The van der Waals surface area contributed by atoms with Gasteiger partial charge in [-0.15, -0.1) is 11.3 Å². The summed E-state index contributed by atoms with van der Waals surface area (Å²) in [5.41, 5.74) is 3.04. The van der Waals surface area contributed by atoms with Gasteiger partial charge < -0.3 is 10.2 Å².